The molecule has 0 spiro atoms. The van der Waals surface area contributed by atoms with Crippen LogP contribution in [0.15, 0.2) is 12.2 Å². The van der Waals surface area contributed by atoms with Gasteiger partial charge in [-0.1, -0.05) is 28.1 Å². The molecule has 0 radical (unpaired) electrons. The van der Waals surface area contributed by atoms with E-state index in [-0.39, 0.29) is 5.92 Å². The number of hydrogen-bond acceptors (Lipinski definition) is 1. The van der Waals surface area contributed by atoms with E-state index in [4.69, 9.17) is 0 Å². The number of ketones is 1. The molecule has 50 valence electrons. The monoisotopic (exact) mass is 188 g/mol. The van der Waals surface area contributed by atoms with E-state index in [0.29, 0.717) is 11.1 Å². The summed E-state index contributed by atoms with van der Waals surface area (Å²) < 4.78 is 0. The summed E-state index contributed by atoms with van der Waals surface area (Å²) in [7, 11) is 0. The third-order valence-corrected chi connectivity index (χ3v) is 2.21. The molecule has 1 aliphatic carbocycles. The van der Waals surface area contributed by atoms with Gasteiger partial charge in [-0.3, -0.25) is 4.79 Å². The minimum Gasteiger partial charge on any atom is -0.298 e. The van der Waals surface area contributed by atoms with Gasteiger partial charge in [0.05, 0.1) is 5.33 Å². The summed E-state index contributed by atoms with van der Waals surface area (Å²) in [4.78, 5) is 10.9. The Bertz CT molecular complexity index is 143. The number of Topliss-reactive ketones (excluding diaryl/α,β-unsaturated/α-hetero) is 1. The van der Waals surface area contributed by atoms with Crippen LogP contribution in [0.25, 0.3) is 0 Å². The van der Waals surface area contributed by atoms with E-state index in [2.05, 4.69) is 22.5 Å². The van der Waals surface area contributed by atoms with E-state index in [1.54, 1.807) is 0 Å². The summed E-state index contributed by atoms with van der Waals surface area (Å²) in [6, 6.07) is 0. The molecule has 2 heteroatoms. The predicted octanol–water partition coefficient (Wildman–Crippen LogP) is 1.92. The van der Waals surface area contributed by atoms with Gasteiger partial charge in [-0.2, -0.15) is 0 Å². The summed E-state index contributed by atoms with van der Waals surface area (Å²) >= 11 is 3.13. The molecule has 0 aromatic heterocycles. The highest BCUT2D eigenvalue weighted by Gasteiger charge is 2.26. The molecule has 1 rings (SSSR count). The fourth-order valence-electron chi connectivity index (χ4n) is 0.974. The standard InChI is InChI=1S/C7H9BrO/c1-5-2-6(3-5)7(9)4-8/h6H,1-4H2. The van der Waals surface area contributed by atoms with Crippen LogP contribution in [-0.2, 0) is 4.79 Å². The number of alkyl halides is 1. The molecule has 0 unspecified atom stereocenters. The van der Waals surface area contributed by atoms with Gasteiger partial charge < -0.3 is 0 Å². The lowest BCUT2D eigenvalue weighted by atomic mass is 9.79. The molecule has 0 amide bonds. The topological polar surface area (TPSA) is 17.1 Å². The Labute approximate surface area is 63.3 Å². The molecule has 0 aliphatic heterocycles. The smallest absolute Gasteiger partial charge is 0.147 e. The fourth-order valence-corrected chi connectivity index (χ4v) is 1.43. The largest absolute Gasteiger partial charge is 0.298 e. The van der Waals surface area contributed by atoms with Crippen molar-refractivity contribution in [1.29, 1.82) is 0 Å². The second-order valence-electron chi connectivity index (χ2n) is 2.46. The maximum absolute atomic E-state index is 10.9. The van der Waals surface area contributed by atoms with Gasteiger partial charge in [-0.05, 0) is 12.8 Å². The lowest BCUT2D eigenvalue weighted by Gasteiger charge is -2.25. The number of rotatable bonds is 2. The lowest BCUT2D eigenvalue weighted by molar-refractivity contribution is -0.121. The zero-order chi connectivity index (χ0) is 6.85. The van der Waals surface area contributed by atoms with Crippen molar-refractivity contribution >= 4 is 21.7 Å². The second-order valence-corrected chi connectivity index (χ2v) is 3.02. The van der Waals surface area contributed by atoms with Gasteiger partial charge >= 0.3 is 0 Å². The van der Waals surface area contributed by atoms with E-state index in [1.807, 2.05) is 0 Å². The van der Waals surface area contributed by atoms with Gasteiger partial charge in [-0.25, -0.2) is 0 Å². The van der Waals surface area contributed by atoms with Gasteiger partial charge in [0.1, 0.15) is 5.78 Å². The van der Waals surface area contributed by atoms with Gasteiger partial charge in [0.25, 0.3) is 0 Å². The molecular weight excluding hydrogens is 180 g/mol. The number of carbonyl (C=O) groups excluding carboxylic acids is 1. The normalized spacial score (nSPS) is 19.4. The number of hydrogen-bond donors (Lipinski definition) is 0. The number of carbonyl (C=O) groups is 1. The van der Waals surface area contributed by atoms with Crippen molar-refractivity contribution in [2.24, 2.45) is 5.92 Å². The van der Waals surface area contributed by atoms with Gasteiger partial charge in [0.2, 0.25) is 0 Å². The second kappa shape index (κ2) is 2.65. The van der Waals surface area contributed by atoms with Crippen LogP contribution >= 0.6 is 15.9 Å². The molecule has 0 aromatic carbocycles. The highest BCUT2D eigenvalue weighted by Crippen LogP contribution is 2.32. The Morgan fingerprint density at radius 2 is 2.33 bits per heavy atom. The van der Waals surface area contributed by atoms with Crippen molar-refractivity contribution in [3.05, 3.63) is 12.2 Å². The Morgan fingerprint density at radius 1 is 1.78 bits per heavy atom. The molecule has 0 atom stereocenters. The summed E-state index contributed by atoms with van der Waals surface area (Å²) in [6.45, 7) is 3.76. The summed E-state index contributed by atoms with van der Waals surface area (Å²) in [5.41, 5.74) is 1.22. The Morgan fingerprint density at radius 3 is 2.67 bits per heavy atom. The molecule has 9 heavy (non-hydrogen) atoms. The molecule has 0 aromatic rings. The summed E-state index contributed by atoms with van der Waals surface area (Å²) in [5, 5.41) is 0.505. The minimum absolute atomic E-state index is 0.289. The van der Waals surface area contributed by atoms with Crippen LogP contribution in [0.4, 0.5) is 0 Å². The Balaban J connectivity index is 2.31. The van der Waals surface area contributed by atoms with E-state index in [9.17, 15) is 4.79 Å². The zero-order valence-corrected chi connectivity index (χ0v) is 6.78. The van der Waals surface area contributed by atoms with E-state index < -0.39 is 0 Å². The van der Waals surface area contributed by atoms with Crippen LogP contribution in [0.3, 0.4) is 0 Å². The summed E-state index contributed by atoms with van der Waals surface area (Å²) in [6.07, 6.45) is 1.84. The third kappa shape index (κ3) is 1.42. The van der Waals surface area contributed by atoms with Crippen LogP contribution in [0.1, 0.15) is 12.8 Å². The highest BCUT2D eigenvalue weighted by atomic mass is 79.9. The highest BCUT2D eigenvalue weighted by molar-refractivity contribution is 9.09. The first kappa shape index (κ1) is 7.00. The zero-order valence-electron chi connectivity index (χ0n) is 5.19. The van der Waals surface area contributed by atoms with Crippen molar-refractivity contribution < 1.29 is 4.79 Å². The average Bonchev–Trinajstić information content (AvgIpc) is 1.79. The average molecular weight is 189 g/mol. The molecule has 1 nitrogen and oxygen atoms in total. The first-order valence-corrected chi connectivity index (χ1v) is 4.11. The Hall–Kier alpha value is -0.110. The SMILES string of the molecule is C=C1CC(C(=O)CBr)C1. The van der Waals surface area contributed by atoms with Crippen molar-refractivity contribution in [1.82, 2.24) is 0 Å². The minimum atomic E-state index is 0.289. The molecular formula is C7H9BrO. The van der Waals surface area contributed by atoms with Crippen molar-refractivity contribution in [2.45, 2.75) is 12.8 Å². The maximum atomic E-state index is 10.9. The van der Waals surface area contributed by atoms with Gasteiger partial charge in [-0.15, -0.1) is 0 Å². The fraction of sp³-hybridized carbons (Fsp3) is 0.571. The maximum Gasteiger partial charge on any atom is 0.147 e. The lowest BCUT2D eigenvalue weighted by Crippen LogP contribution is -2.24. The quantitative estimate of drug-likeness (QED) is 0.479. The van der Waals surface area contributed by atoms with E-state index >= 15 is 0 Å². The van der Waals surface area contributed by atoms with Gasteiger partial charge in [0.15, 0.2) is 0 Å². The molecule has 0 bridgehead atoms. The van der Waals surface area contributed by atoms with E-state index in [0.717, 1.165) is 12.8 Å². The van der Waals surface area contributed by atoms with Crippen molar-refractivity contribution in [2.75, 3.05) is 5.33 Å². The van der Waals surface area contributed by atoms with Gasteiger partial charge in [0, 0.05) is 5.92 Å². The van der Waals surface area contributed by atoms with E-state index in [1.165, 1.54) is 5.57 Å². The molecule has 1 fully saturated rings. The first-order valence-electron chi connectivity index (χ1n) is 2.99. The molecule has 1 aliphatic rings. The summed E-state index contributed by atoms with van der Waals surface area (Å²) in [5.74, 6) is 0.610. The third-order valence-electron chi connectivity index (χ3n) is 1.66. The van der Waals surface area contributed by atoms with Crippen LogP contribution in [-0.4, -0.2) is 11.1 Å². The number of allylic oxidation sites excluding steroid dienone is 1. The van der Waals surface area contributed by atoms with Crippen LogP contribution in [0.2, 0.25) is 0 Å². The first-order chi connectivity index (χ1) is 4.24. The molecule has 0 saturated heterocycles. The predicted molar refractivity (Wildman–Crippen MR) is 40.7 cm³/mol. The van der Waals surface area contributed by atoms with Crippen molar-refractivity contribution in [3.63, 3.8) is 0 Å². The van der Waals surface area contributed by atoms with Crippen LogP contribution in [0.5, 0.6) is 0 Å². The van der Waals surface area contributed by atoms with Crippen LogP contribution in [0, 0.1) is 5.92 Å². The molecule has 0 N–H and O–H groups in total. The van der Waals surface area contributed by atoms with Crippen molar-refractivity contribution in [3.8, 4) is 0 Å². The Kier molecular flexibility index (Phi) is 2.06. The van der Waals surface area contributed by atoms with Crippen LogP contribution < -0.4 is 0 Å². The number of halogens is 1. The molecule has 0 heterocycles. The molecule has 1 saturated carbocycles.